The summed E-state index contributed by atoms with van der Waals surface area (Å²) in [6, 6.07) is 7.92. The molecule has 0 amide bonds. The zero-order valence-electron chi connectivity index (χ0n) is 9.02. The summed E-state index contributed by atoms with van der Waals surface area (Å²) in [4.78, 5) is 11.1. The van der Waals surface area contributed by atoms with Crippen molar-refractivity contribution in [2.45, 2.75) is 18.7 Å². The van der Waals surface area contributed by atoms with Crippen LogP contribution in [0, 0.1) is 5.25 Å². The van der Waals surface area contributed by atoms with Gasteiger partial charge in [0.1, 0.15) is 0 Å². The van der Waals surface area contributed by atoms with Crippen LogP contribution in [-0.2, 0) is 14.6 Å². The SMILES string of the molecule is CC(=O)[C-](C)S(=O)(=O)c1ccccc1.[Na+]. The van der Waals surface area contributed by atoms with Gasteiger partial charge in [-0.1, -0.05) is 18.2 Å². The Bertz CT molecular complexity index is 425. The number of hydrogen-bond donors (Lipinski definition) is 0. The number of carbonyl (C=O) groups is 1. The van der Waals surface area contributed by atoms with Crippen molar-refractivity contribution >= 4 is 15.6 Å². The molecule has 15 heavy (non-hydrogen) atoms. The number of Topliss-reactive ketones (excluding diaryl/α,β-unsaturated/α-hetero) is 1. The second kappa shape index (κ2) is 5.70. The minimum absolute atomic E-state index is 0. The molecule has 0 bridgehead atoms. The standard InChI is InChI=1S/C10H11O3S.Na/c1-8(11)9(2)14(12,13)10-6-4-3-5-7-10;/h3-7H,1-2H3;/q-1;+1. The Hall–Kier alpha value is -0.290. The predicted octanol–water partition coefficient (Wildman–Crippen LogP) is -1.39. The molecule has 1 rings (SSSR count). The minimum atomic E-state index is -3.57. The predicted molar refractivity (Wildman–Crippen MR) is 53.2 cm³/mol. The fourth-order valence-electron chi connectivity index (χ4n) is 0.966. The van der Waals surface area contributed by atoms with E-state index in [2.05, 4.69) is 0 Å². The molecule has 1 aromatic carbocycles. The number of benzene rings is 1. The molecule has 0 aliphatic rings. The summed E-state index contributed by atoms with van der Waals surface area (Å²) in [6.07, 6.45) is 0. The van der Waals surface area contributed by atoms with Gasteiger partial charge in [-0.15, -0.1) is 0 Å². The number of sulfone groups is 1. The van der Waals surface area contributed by atoms with Crippen molar-refractivity contribution in [3.8, 4) is 0 Å². The molecule has 5 heteroatoms. The van der Waals surface area contributed by atoms with Crippen molar-refractivity contribution in [3.63, 3.8) is 0 Å². The van der Waals surface area contributed by atoms with Gasteiger partial charge in [-0.2, -0.15) is 12.2 Å². The normalized spacial score (nSPS) is 10.3. The van der Waals surface area contributed by atoms with Crippen LogP contribution in [0.2, 0.25) is 0 Å². The second-order valence-electron chi connectivity index (χ2n) is 2.93. The summed E-state index contributed by atoms with van der Waals surface area (Å²) in [5, 5.41) is -0.122. The molecule has 0 saturated carbocycles. The van der Waals surface area contributed by atoms with Crippen LogP contribution in [0.4, 0.5) is 0 Å². The summed E-state index contributed by atoms with van der Waals surface area (Å²) in [6.45, 7) is 2.57. The minimum Gasteiger partial charge on any atom is -0.333 e. The molecule has 3 nitrogen and oxygen atoms in total. The van der Waals surface area contributed by atoms with Crippen molar-refractivity contribution < 1.29 is 42.8 Å². The van der Waals surface area contributed by atoms with E-state index in [1.807, 2.05) is 0 Å². The second-order valence-corrected chi connectivity index (χ2v) is 5.02. The van der Waals surface area contributed by atoms with E-state index in [4.69, 9.17) is 0 Å². The van der Waals surface area contributed by atoms with Crippen molar-refractivity contribution in [1.29, 1.82) is 0 Å². The number of hydrogen-bond acceptors (Lipinski definition) is 3. The Morgan fingerprint density at radius 3 is 2.07 bits per heavy atom. The molecular weight excluding hydrogens is 223 g/mol. The number of ketones is 1. The quantitative estimate of drug-likeness (QED) is 0.478. The number of rotatable bonds is 3. The van der Waals surface area contributed by atoms with Gasteiger partial charge >= 0.3 is 29.6 Å². The largest absolute Gasteiger partial charge is 1.00 e. The molecule has 0 atom stereocenters. The van der Waals surface area contributed by atoms with Crippen LogP contribution in [0.1, 0.15) is 13.8 Å². The van der Waals surface area contributed by atoms with E-state index in [0.29, 0.717) is 0 Å². The van der Waals surface area contributed by atoms with Gasteiger partial charge in [-0.25, -0.2) is 0 Å². The van der Waals surface area contributed by atoms with Gasteiger partial charge < -0.3 is 4.79 Å². The molecule has 0 aliphatic heterocycles. The maximum absolute atomic E-state index is 11.7. The zero-order valence-corrected chi connectivity index (χ0v) is 11.8. The van der Waals surface area contributed by atoms with Gasteiger partial charge in [0, 0.05) is 10.7 Å². The summed E-state index contributed by atoms with van der Waals surface area (Å²) in [5.74, 6) is -0.422. The summed E-state index contributed by atoms with van der Waals surface area (Å²) < 4.78 is 23.4. The van der Waals surface area contributed by atoms with Crippen molar-refractivity contribution in [1.82, 2.24) is 0 Å². The van der Waals surface area contributed by atoms with Gasteiger partial charge in [-0.3, -0.25) is 8.42 Å². The van der Waals surface area contributed by atoms with Crippen LogP contribution in [0.25, 0.3) is 0 Å². The summed E-state index contributed by atoms with van der Waals surface area (Å²) in [7, 11) is -3.57. The topological polar surface area (TPSA) is 51.2 Å². The Morgan fingerprint density at radius 2 is 1.67 bits per heavy atom. The van der Waals surface area contributed by atoms with Gasteiger partial charge in [0.05, 0.1) is 9.84 Å². The summed E-state index contributed by atoms with van der Waals surface area (Å²) >= 11 is 0. The summed E-state index contributed by atoms with van der Waals surface area (Å²) in [5.41, 5.74) is 0. The van der Waals surface area contributed by atoms with E-state index in [9.17, 15) is 13.2 Å². The Morgan fingerprint density at radius 1 is 1.20 bits per heavy atom. The molecule has 0 unspecified atom stereocenters. The first kappa shape index (κ1) is 14.7. The Labute approximate surface area is 112 Å². The van der Waals surface area contributed by atoms with Gasteiger partial charge in [-0.05, 0) is 19.1 Å². The van der Waals surface area contributed by atoms with E-state index in [-0.39, 0.29) is 39.7 Å². The van der Waals surface area contributed by atoms with E-state index in [0.717, 1.165) is 0 Å². The fraction of sp³-hybridized carbons (Fsp3) is 0.200. The van der Waals surface area contributed by atoms with E-state index in [1.165, 1.54) is 26.0 Å². The molecule has 1 aromatic rings. The van der Waals surface area contributed by atoms with Crippen LogP contribution in [0.3, 0.4) is 0 Å². The van der Waals surface area contributed by atoms with Crippen LogP contribution < -0.4 is 29.6 Å². The van der Waals surface area contributed by atoms with E-state index < -0.39 is 15.6 Å². The Kier molecular flexibility index (Phi) is 5.59. The smallest absolute Gasteiger partial charge is 0.333 e. The van der Waals surface area contributed by atoms with Gasteiger partial charge in [0.25, 0.3) is 0 Å². The molecule has 0 radical (unpaired) electrons. The fourth-order valence-corrected chi connectivity index (χ4v) is 2.21. The average Bonchev–Trinajstić information content (AvgIpc) is 2.18. The molecule has 0 aromatic heterocycles. The first-order valence-corrected chi connectivity index (χ1v) is 5.59. The molecular formula is C10H11NaO3S. The molecule has 0 N–H and O–H groups in total. The zero-order chi connectivity index (χ0) is 10.8. The van der Waals surface area contributed by atoms with Crippen LogP contribution in [0.5, 0.6) is 0 Å². The van der Waals surface area contributed by atoms with Crippen molar-refractivity contribution in [3.05, 3.63) is 35.6 Å². The van der Waals surface area contributed by atoms with Gasteiger partial charge in [0.2, 0.25) is 0 Å². The third-order valence-electron chi connectivity index (χ3n) is 1.95. The van der Waals surface area contributed by atoms with Crippen molar-refractivity contribution in [2.24, 2.45) is 0 Å². The van der Waals surface area contributed by atoms with E-state index in [1.54, 1.807) is 18.2 Å². The molecule has 76 valence electrons. The number of carbonyl (C=O) groups excluding carboxylic acids is 1. The maximum Gasteiger partial charge on any atom is 1.00 e. The molecule has 0 heterocycles. The third kappa shape index (κ3) is 3.34. The van der Waals surface area contributed by atoms with Crippen LogP contribution >= 0.6 is 0 Å². The molecule has 0 fully saturated rings. The van der Waals surface area contributed by atoms with E-state index >= 15 is 0 Å². The molecule has 0 aliphatic carbocycles. The van der Waals surface area contributed by atoms with Gasteiger partial charge in [0.15, 0.2) is 0 Å². The third-order valence-corrected chi connectivity index (χ3v) is 3.94. The monoisotopic (exact) mass is 234 g/mol. The first-order valence-electron chi connectivity index (χ1n) is 4.11. The van der Waals surface area contributed by atoms with Crippen molar-refractivity contribution in [2.75, 3.05) is 0 Å². The molecule has 0 saturated heterocycles. The average molecular weight is 234 g/mol. The van der Waals surface area contributed by atoms with Crippen LogP contribution in [-0.4, -0.2) is 14.2 Å². The van der Waals surface area contributed by atoms with Crippen LogP contribution in [0.15, 0.2) is 35.2 Å². The molecule has 0 spiro atoms. The first-order chi connectivity index (χ1) is 6.46. The Balaban J connectivity index is 0.00000196. The maximum atomic E-state index is 11.7.